The van der Waals surface area contributed by atoms with Crippen LogP contribution in [0, 0.1) is 5.92 Å². The van der Waals surface area contributed by atoms with E-state index in [1.807, 2.05) is 18.2 Å². The molecule has 0 unspecified atom stereocenters. The second-order valence-electron chi connectivity index (χ2n) is 7.39. The Hall–Kier alpha value is -1.74. The molecule has 0 N–H and O–H groups in total. The molecule has 0 amide bonds. The minimum absolute atomic E-state index is 0.128. The number of hydrogen-bond donors (Lipinski definition) is 0. The predicted octanol–water partition coefficient (Wildman–Crippen LogP) is 1.33. The van der Waals surface area contributed by atoms with Crippen molar-refractivity contribution in [3.05, 3.63) is 48.4 Å². The fourth-order valence-electron chi connectivity index (χ4n) is 4.03. The van der Waals surface area contributed by atoms with Gasteiger partial charge in [0.25, 0.3) is 10.0 Å². The number of fused-ring (bicyclic) bond motifs is 1. The summed E-state index contributed by atoms with van der Waals surface area (Å²) in [5.74, 6) is 0.353. The van der Waals surface area contributed by atoms with Gasteiger partial charge in [-0.05, 0) is 12.0 Å². The van der Waals surface area contributed by atoms with Crippen molar-refractivity contribution in [3.63, 3.8) is 0 Å². The second kappa shape index (κ2) is 7.71. The molecule has 2 atom stereocenters. The van der Waals surface area contributed by atoms with E-state index < -0.39 is 10.0 Å². The molecule has 0 saturated carbocycles. The van der Waals surface area contributed by atoms with Gasteiger partial charge in [0.15, 0.2) is 5.03 Å². The highest BCUT2D eigenvalue weighted by atomic mass is 32.2. The second-order valence-corrected chi connectivity index (χ2v) is 9.27. The Morgan fingerprint density at radius 1 is 1.22 bits per heavy atom. The largest absolute Gasteiger partial charge is 0.380 e. The average molecular weight is 391 g/mol. The molecule has 4 rings (SSSR count). The topological polar surface area (TPSA) is 67.7 Å². The maximum absolute atomic E-state index is 13.0. The zero-order valence-corrected chi connectivity index (χ0v) is 16.4. The first-order valence-corrected chi connectivity index (χ1v) is 10.8. The van der Waals surface area contributed by atoms with E-state index in [0.717, 1.165) is 19.5 Å². The van der Waals surface area contributed by atoms with E-state index in [-0.39, 0.29) is 11.1 Å². The Bertz CT molecular complexity index is 868. The summed E-state index contributed by atoms with van der Waals surface area (Å²) in [5.41, 5.74) is 1.24. The molecule has 2 fully saturated rings. The summed E-state index contributed by atoms with van der Waals surface area (Å²) in [6, 6.07) is 10.5. The van der Waals surface area contributed by atoms with Gasteiger partial charge < -0.3 is 9.30 Å². The maximum atomic E-state index is 13.0. The Morgan fingerprint density at radius 2 is 2.04 bits per heavy atom. The van der Waals surface area contributed by atoms with Crippen LogP contribution in [-0.2, 0) is 28.4 Å². The van der Waals surface area contributed by atoms with Gasteiger partial charge in [-0.15, -0.1) is 0 Å². The number of piperidine rings is 1. The van der Waals surface area contributed by atoms with Gasteiger partial charge in [-0.2, -0.15) is 4.31 Å². The van der Waals surface area contributed by atoms with E-state index in [1.165, 1.54) is 11.9 Å². The molecule has 0 radical (unpaired) electrons. The van der Waals surface area contributed by atoms with Crippen molar-refractivity contribution in [3.8, 4) is 0 Å². The molecule has 8 heteroatoms. The monoisotopic (exact) mass is 390 g/mol. The molecule has 1 aromatic carbocycles. The lowest BCUT2D eigenvalue weighted by Gasteiger charge is -2.41. The smallest absolute Gasteiger partial charge is 0.262 e. The van der Waals surface area contributed by atoms with Gasteiger partial charge in [-0.25, -0.2) is 13.4 Å². The Kier molecular flexibility index (Phi) is 5.32. The fraction of sp³-hybridized carbons (Fsp3) is 0.526. The van der Waals surface area contributed by atoms with Crippen LogP contribution in [0.1, 0.15) is 12.0 Å². The zero-order chi connectivity index (χ0) is 18.9. The SMILES string of the molecule is Cn1cnc(S(=O)(=O)N2CC[C@@H]3COCCN(Cc4ccccc4)[C@@H]3C2)c1. The first kappa shape index (κ1) is 18.6. The quantitative estimate of drug-likeness (QED) is 0.788. The Labute approximate surface area is 160 Å². The van der Waals surface area contributed by atoms with Crippen LogP contribution in [0.3, 0.4) is 0 Å². The standard InChI is InChI=1S/C19H26N4O3S/c1-21-13-19(20-15-21)27(24,25)23-8-7-17-14-26-10-9-22(18(17)12-23)11-16-5-3-2-4-6-16/h2-6,13,15,17-18H,7-12,14H2,1H3/t17-,18-/m1/s1. The summed E-state index contributed by atoms with van der Waals surface area (Å²) in [5, 5.41) is 0.128. The Balaban J connectivity index is 1.56. The highest BCUT2D eigenvalue weighted by Gasteiger charge is 2.40. The van der Waals surface area contributed by atoms with E-state index in [4.69, 9.17) is 4.74 Å². The predicted molar refractivity (Wildman–Crippen MR) is 102 cm³/mol. The van der Waals surface area contributed by atoms with Crippen LogP contribution in [0.25, 0.3) is 0 Å². The van der Waals surface area contributed by atoms with Crippen molar-refractivity contribution in [2.75, 3.05) is 32.8 Å². The summed E-state index contributed by atoms with van der Waals surface area (Å²) in [6.07, 6.45) is 3.90. The van der Waals surface area contributed by atoms with Crippen LogP contribution in [0.15, 0.2) is 47.9 Å². The van der Waals surface area contributed by atoms with E-state index in [0.29, 0.717) is 32.2 Å². The van der Waals surface area contributed by atoms with Gasteiger partial charge in [-0.1, -0.05) is 30.3 Å². The van der Waals surface area contributed by atoms with Crippen molar-refractivity contribution >= 4 is 10.0 Å². The normalized spacial score (nSPS) is 25.1. The number of benzene rings is 1. The molecule has 0 bridgehead atoms. The number of sulfonamides is 1. The molecular formula is C19H26N4O3S. The van der Waals surface area contributed by atoms with Crippen molar-refractivity contribution in [2.24, 2.45) is 13.0 Å². The third-order valence-electron chi connectivity index (χ3n) is 5.52. The van der Waals surface area contributed by atoms with Crippen LogP contribution < -0.4 is 0 Å². The lowest BCUT2D eigenvalue weighted by atomic mass is 9.92. The molecule has 2 aromatic rings. The van der Waals surface area contributed by atoms with Gasteiger partial charge in [0, 0.05) is 51.4 Å². The van der Waals surface area contributed by atoms with Crippen molar-refractivity contribution in [1.29, 1.82) is 0 Å². The highest BCUT2D eigenvalue weighted by Crippen LogP contribution is 2.29. The summed E-state index contributed by atoms with van der Waals surface area (Å²) in [7, 11) is -1.79. The van der Waals surface area contributed by atoms with Crippen LogP contribution in [0.4, 0.5) is 0 Å². The lowest BCUT2D eigenvalue weighted by molar-refractivity contribution is 0.0766. The first-order chi connectivity index (χ1) is 13.0. The first-order valence-electron chi connectivity index (χ1n) is 9.38. The Morgan fingerprint density at radius 3 is 2.78 bits per heavy atom. The van der Waals surface area contributed by atoms with E-state index in [9.17, 15) is 8.42 Å². The summed E-state index contributed by atoms with van der Waals surface area (Å²) >= 11 is 0. The number of hydrogen-bond acceptors (Lipinski definition) is 5. The van der Waals surface area contributed by atoms with Gasteiger partial charge in [0.2, 0.25) is 0 Å². The van der Waals surface area contributed by atoms with Crippen molar-refractivity contribution in [1.82, 2.24) is 18.8 Å². The van der Waals surface area contributed by atoms with Crippen LogP contribution in [-0.4, -0.2) is 66.1 Å². The number of ether oxygens (including phenoxy) is 1. The number of aromatic nitrogens is 2. The average Bonchev–Trinajstić information content (AvgIpc) is 3.02. The van der Waals surface area contributed by atoms with Crippen molar-refractivity contribution in [2.45, 2.75) is 24.0 Å². The molecule has 2 saturated heterocycles. The maximum Gasteiger partial charge on any atom is 0.262 e. The number of rotatable bonds is 4. The van der Waals surface area contributed by atoms with E-state index in [1.54, 1.807) is 22.1 Å². The zero-order valence-electron chi connectivity index (χ0n) is 15.6. The molecule has 0 aliphatic carbocycles. The van der Waals surface area contributed by atoms with E-state index in [2.05, 4.69) is 22.0 Å². The molecule has 2 aliphatic rings. The van der Waals surface area contributed by atoms with Crippen LogP contribution >= 0.6 is 0 Å². The summed E-state index contributed by atoms with van der Waals surface area (Å²) in [6.45, 7) is 4.01. The van der Waals surface area contributed by atoms with Crippen LogP contribution in [0.2, 0.25) is 0 Å². The van der Waals surface area contributed by atoms with Gasteiger partial charge >= 0.3 is 0 Å². The van der Waals surface area contributed by atoms with Crippen LogP contribution in [0.5, 0.6) is 0 Å². The number of nitrogens with zero attached hydrogens (tertiary/aromatic N) is 4. The third kappa shape index (κ3) is 3.94. The van der Waals surface area contributed by atoms with E-state index >= 15 is 0 Å². The summed E-state index contributed by atoms with van der Waals surface area (Å²) in [4.78, 5) is 6.45. The highest BCUT2D eigenvalue weighted by molar-refractivity contribution is 7.89. The molecule has 0 spiro atoms. The molecular weight excluding hydrogens is 364 g/mol. The van der Waals surface area contributed by atoms with Crippen molar-refractivity contribution < 1.29 is 13.2 Å². The molecule has 146 valence electrons. The molecule has 27 heavy (non-hydrogen) atoms. The molecule has 7 nitrogen and oxygen atoms in total. The lowest BCUT2D eigenvalue weighted by Crippen LogP contribution is -2.54. The van der Waals surface area contributed by atoms with Gasteiger partial charge in [0.1, 0.15) is 0 Å². The third-order valence-corrected chi connectivity index (χ3v) is 7.27. The number of aryl methyl sites for hydroxylation is 1. The van der Waals surface area contributed by atoms with Gasteiger partial charge in [-0.3, -0.25) is 4.90 Å². The van der Waals surface area contributed by atoms with Gasteiger partial charge in [0.05, 0.1) is 19.5 Å². The molecule has 1 aromatic heterocycles. The molecule has 2 aliphatic heterocycles. The number of imidazole rings is 1. The molecule has 3 heterocycles. The summed E-state index contributed by atoms with van der Waals surface area (Å²) < 4.78 is 35.1. The fourth-order valence-corrected chi connectivity index (χ4v) is 5.47. The minimum Gasteiger partial charge on any atom is -0.380 e. The minimum atomic E-state index is -3.57.